The van der Waals surface area contributed by atoms with Crippen molar-refractivity contribution in [2.45, 2.75) is 19.9 Å². The molecule has 1 aliphatic rings. The molecule has 0 fully saturated rings. The zero-order chi connectivity index (χ0) is 17.1. The molecule has 1 N–H and O–H groups in total. The first-order chi connectivity index (χ1) is 11.6. The lowest BCUT2D eigenvalue weighted by atomic mass is 9.97. The summed E-state index contributed by atoms with van der Waals surface area (Å²) in [4.78, 5) is 25.7. The summed E-state index contributed by atoms with van der Waals surface area (Å²) in [5.74, 6) is -0.469. The number of carboxylic acids is 1. The Kier molecular flexibility index (Phi) is 4.51. The molecular formula is C19H19NO4. The molecule has 2 aromatic rings. The molecule has 0 aliphatic carbocycles. The maximum Gasteiger partial charge on any atom is 0.335 e. The fourth-order valence-electron chi connectivity index (χ4n) is 2.96. The van der Waals surface area contributed by atoms with Crippen LogP contribution in [0, 0.1) is 0 Å². The van der Waals surface area contributed by atoms with Crippen molar-refractivity contribution in [1.82, 2.24) is 4.90 Å². The maximum atomic E-state index is 12.9. The van der Waals surface area contributed by atoms with Crippen LogP contribution in [-0.4, -0.2) is 35.0 Å². The molecule has 3 rings (SSSR count). The van der Waals surface area contributed by atoms with Gasteiger partial charge in [0.1, 0.15) is 5.75 Å². The summed E-state index contributed by atoms with van der Waals surface area (Å²) in [5, 5.41) is 9.14. The summed E-state index contributed by atoms with van der Waals surface area (Å²) in [5.41, 5.74) is 2.78. The van der Waals surface area contributed by atoms with Gasteiger partial charge in [0.15, 0.2) is 0 Å². The van der Waals surface area contributed by atoms with E-state index in [2.05, 4.69) is 0 Å². The van der Waals surface area contributed by atoms with Gasteiger partial charge in [-0.3, -0.25) is 4.79 Å². The molecule has 0 aromatic heterocycles. The predicted molar refractivity (Wildman–Crippen MR) is 89.5 cm³/mol. The lowest BCUT2D eigenvalue weighted by Gasteiger charge is -2.29. The zero-order valence-corrected chi connectivity index (χ0v) is 13.5. The normalized spacial score (nSPS) is 13.3. The monoisotopic (exact) mass is 325 g/mol. The Bertz CT molecular complexity index is 785. The summed E-state index contributed by atoms with van der Waals surface area (Å²) < 4.78 is 5.54. The van der Waals surface area contributed by atoms with E-state index in [9.17, 15) is 9.59 Å². The third kappa shape index (κ3) is 3.11. The average Bonchev–Trinajstić information content (AvgIpc) is 2.61. The van der Waals surface area contributed by atoms with Crippen LogP contribution in [0.3, 0.4) is 0 Å². The predicted octanol–water partition coefficient (Wildman–Crippen LogP) is 2.98. The first-order valence-corrected chi connectivity index (χ1v) is 7.96. The summed E-state index contributed by atoms with van der Waals surface area (Å²) in [6.07, 6.45) is 0.720. The molecule has 5 heteroatoms. The van der Waals surface area contributed by atoms with Crippen LogP contribution in [0.4, 0.5) is 0 Å². The molecule has 2 aromatic carbocycles. The number of amides is 1. The van der Waals surface area contributed by atoms with E-state index in [0.717, 1.165) is 17.5 Å². The number of nitrogens with zero attached hydrogens (tertiary/aromatic N) is 1. The van der Waals surface area contributed by atoms with Crippen molar-refractivity contribution in [3.63, 3.8) is 0 Å². The number of rotatable bonds is 4. The highest BCUT2D eigenvalue weighted by molar-refractivity contribution is 5.97. The SMILES string of the molecule is CCOc1ccccc1C(=O)N1CCc2ccc(C(=O)O)cc2C1. The standard InChI is InChI=1S/C19H19NO4/c1-2-24-17-6-4-3-5-16(17)18(21)20-10-9-13-7-8-14(19(22)23)11-15(13)12-20/h3-8,11H,2,9-10,12H2,1H3,(H,22,23). The maximum absolute atomic E-state index is 12.9. The third-order valence-electron chi connectivity index (χ3n) is 4.17. The minimum Gasteiger partial charge on any atom is -0.493 e. The quantitative estimate of drug-likeness (QED) is 0.938. The van der Waals surface area contributed by atoms with Gasteiger partial charge in [0, 0.05) is 13.1 Å². The highest BCUT2D eigenvalue weighted by atomic mass is 16.5. The lowest BCUT2D eigenvalue weighted by molar-refractivity contribution is 0.0696. The Hall–Kier alpha value is -2.82. The Morgan fingerprint density at radius 2 is 1.96 bits per heavy atom. The molecule has 1 amide bonds. The minimum absolute atomic E-state index is 0.0922. The Labute approximate surface area is 140 Å². The van der Waals surface area contributed by atoms with Crippen molar-refractivity contribution >= 4 is 11.9 Å². The molecule has 0 saturated heterocycles. The van der Waals surface area contributed by atoms with Gasteiger partial charge in [-0.25, -0.2) is 4.79 Å². The molecule has 1 heterocycles. The van der Waals surface area contributed by atoms with Crippen LogP contribution >= 0.6 is 0 Å². The molecule has 124 valence electrons. The van der Waals surface area contributed by atoms with Gasteiger partial charge in [-0.1, -0.05) is 18.2 Å². The molecule has 0 radical (unpaired) electrons. The molecule has 0 spiro atoms. The van der Waals surface area contributed by atoms with Crippen molar-refractivity contribution in [1.29, 1.82) is 0 Å². The first kappa shape index (κ1) is 16.1. The second-order valence-corrected chi connectivity index (χ2v) is 5.69. The van der Waals surface area contributed by atoms with E-state index in [0.29, 0.717) is 31.0 Å². The highest BCUT2D eigenvalue weighted by Crippen LogP contribution is 2.25. The first-order valence-electron chi connectivity index (χ1n) is 7.96. The Balaban J connectivity index is 1.86. The van der Waals surface area contributed by atoms with Crippen molar-refractivity contribution in [2.24, 2.45) is 0 Å². The van der Waals surface area contributed by atoms with Crippen LogP contribution in [0.5, 0.6) is 5.75 Å². The van der Waals surface area contributed by atoms with E-state index >= 15 is 0 Å². The van der Waals surface area contributed by atoms with Crippen LogP contribution in [-0.2, 0) is 13.0 Å². The second kappa shape index (κ2) is 6.74. The van der Waals surface area contributed by atoms with Crippen LogP contribution in [0.2, 0.25) is 0 Å². The summed E-state index contributed by atoms with van der Waals surface area (Å²) >= 11 is 0. The number of carboxylic acid groups (broad SMARTS) is 1. The fraction of sp³-hybridized carbons (Fsp3) is 0.263. The minimum atomic E-state index is -0.956. The van der Waals surface area contributed by atoms with Crippen molar-refractivity contribution in [3.05, 3.63) is 64.7 Å². The number of hydrogen-bond donors (Lipinski definition) is 1. The van der Waals surface area contributed by atoms with Crippen molar-refractivity contribution in [2.75, 3.05) is 13.2 Å². The number of carbonyl (C=O) groups is 2. The Morgan fingerprint density at radius 1 is 1.17 bits per heavy atom. The van der Waals surface area contributed by atoms with E-state index in [1.807, 2.05) is 25.1 Å². The number of carbonyl (C=O) groups excluding carboxylic acids is 1. The molecule has 5 nitrogen and oxygen atoms in total. The second-order valence-electron chi connectivity index (χ2n) is 5.69. The molecule has 24 heavy (non-hydrogen) atoms. The van der Waals surface area contributed by atoms with Gasteiger partial charge in [-0.15, -0.1) is 0 Å². The van der Waals surface area contributed by atoms with Crippen LogP contribution in [0.15, 0.2) is 42.5 Å². The average molecular weight is 325 g/mol. The fourth-order valence-corrected chi connectivity index (χ4v) is 2.96. The van der Waals surface area contributed by atoms with E-state index in [-0.39, 0.29) is 11.5 Å². The number of benzene rings is 2. The molecular weight excluding hydrogens is 306 g/mol. The topological polar surface area (TPSA) is 66.8 Å². The van der Waals surface area contributed by atoms with E-state index in [1.54, 1.807) is 29.2 Å². The molecule has 0 bridgehead atoms. The van der Waals surface area contributed by atoms with Crippen LogP contribution in [0.1, 0.15) is 38.8 Å². The zero-order valence-electron chi connectivity index (χ0n) is 13.5. The smallest absolute Gasteiger partial charge is 0.335 e. The van der Waals surface area contributed by atoms with Gasteiger partial charge in [0.25, 0.3) is 5.91 Å². The molecule has 0 saturated carbocycles. The van der Waals surface area contributed by atoms with Gasteiger partial charge in [0.2, 0.25) is 0 Å². The number of fused-ring (bicyclic) bond motifs is 1. The van der Waals surface area contributed by atoms with Crippen LogP contribution < -0.4 is 4.74 Å². The van der Waals surface area contributed by atoms with Crippen LogP contribution in [0.25, 0.3) is 0 Å². The number of hydrogen-bond acceptors (Lipinski definition) is 3. The number of para-hydroxylation sites is 1. The van der Waals surface area contributed by atoms with E-state index in [1.165, 1.54) is 0 Å². The van der Waals surface area contributed by atoms with Crippen molar-refractivity contribution < 1.29 is 19.4 Å². The number of aromatic carboxylic acids is 1. The van der Waals surface area contributed by atoms with Gasteiger partial charge < -0.3 is 14.7 Å². The van der Waals surface area contributed by atoms with Crippen molar-refractivity contribution in [3.8, 4) is 5.75 Å². The van der Waals surface area contributed by atoms with Gasteiger partial charge >= 0.3 is 5.97 Å². The molecule has 1 aliphatic heterocycles. The lowest BCUT2D eigenvalue weighted by Crippen LogP contribution is -2.36. The van der Waals surface area contributed by atoms with Gasteiger partial charge in [-0.05, 0) is 48.7 Å². The van der Waals surface area contributed by atoms with E-state index in [4.69, 9.17) is 9.84 Å². The van der Waals surface area contributed by atoms with E-state index < -0.39 is 5.97 Å². The third-order valence-corrected chi connectivity index (χ3v) is 4.17. The highest BCUT2D eigenvalue weighted by Gasteiger charge is 2.24. The summed E-state index contributed by atoms with van der Waals surface area (Å²) in [6, 6.07) is 12.3. The van der Waals surface area contributed by atoms with Gasteiger partial charge in [0.05, 0.1) is 17.7 Å². The Morgan fingerprint density at radius 3 is 2.71 bits per heavy atom. The molecule has 0 atom stereocenters. The molecule has 0 unspecified atom stereocenters. The summed E-state index contributed by atoms with van der Waals surface area (Å²) in [6.45, 7) is 3.40. The van der Waals surface area contributed by atoms with Gasteiger partial charge in [-0.2, -0.15) is 0 Å². The summed E-state index contributed by atoms with van der Waals surface area (Å²) in [7, 11) is 0. The largest absolute Gasteiger partial charge is 0.493 e. The number of ether oxygens (including phenoxy) is 1.